The molecule has 0 aromatic heterocycles. The van der Waals surface area contributed by atoms with Gasteiger partial charge in [-0.05, 0) is 29.5 Å². The lowest BCUT2D eigenvalue weighted by atomic mass is 9.86. The van der Waals surface area contributed by atoms with Gasteiger partial charge in [-0.3, -0.25) is 9.69 Å². The number of nitrogens with zero attached hydrogens (tertiary/aromatic N) is 1. The van der Waals surface area contributed by atoms with Gasteiger partial charge < -0.3 is 9.47 Å². The third-order valence-corrected chi connectivity index (χ3v) is 4.33. The quantitative estimate of drug-likeness (QED) is 0.722. The highest BCUT2D eigenvalue weighted by Crippen LogP contribution is 2.36. The van der Waals surface area contributed by atoms with Crippen LogP contribution in [0.5, 0.6) is 5.75 Å². The minimum Gasteiger partial charge on any atom is -0.492 e. The van der Waals surface area contributed by atoms with Crippen molar-refractivity contribution < 1.29 is 14.3 Å². The van der Waals surface area contributed by atoms with E-state index in [9.17, 15) is 4.79 Å². The molecular weight excluding hydrogens is 290 g/mol. The summed E-state index contributed by atoms with van der Waals surface area (Å²) < 4.78 is 11.5. The van der Waals surface area contributed by atoms with Gasteiger partial charge in [0, 0.05) is 30.8 Å². The molecule has 1 fully saturated rings. The summed E-state index contributed by atoms with van der Waals surface area (Å²) >= 11 is 0. The summed E-state index contributed by atoms with van der Waals surface area (Å²) in [4.78, 5) is 13.7. The second kappa shape index (κ2) is 8.46. The zero-order valence-corrected chi connectivity index (χ0v) is 14.8. The number of hydrogen-bond donors (Lipinski definition) is 0. The average Bonchev–Trinajstić information content (AvgIpc) is 2.54. The van der Waals surface area contributed by atoms with E-state index in [0.29, 0.717) is 18.4 Å². The van der Waals surface area contributed by atoms with Gasteiger partial charge in [0.15, 0.2) is 0 Å². The molecule has 1 saturated heterocycles. The van der Waals surface area contributed by atoms with Crippen molar-refractivity contribution in [1.29, 1.82) is 0 Å². The monoisotopic (exact) mass is 319 g/mol. The van der Waals surface area contributed by atoms with Gasteiger partial charge in [0.25, 0.3) is 0 Å². The smallest absolute Gasteiger partial charge is 0.150 e. The van der Waals surface area contributed by atoms with Gasteiger partial charge in [-0.2, -0.15) is 0 Å². The highest BCUT2D eigenvalue weighted by molar-refractivity contribution is 5.79. The van der Waals surface area contributed by atoms with Gasteiger partial charge in [-0.1, -0.05) is 27.7 Å². The van der Waals surface area contributed by atoms with Crippen LogP contribution >= 0.6 is 0 Å². The fourth-order valence-corrected chi connectivity index (χ4v) is 3.21. The molecule has 0 radical (unpaired) electrons. The van der Waals surface area contributed by atoms with Crippen molar-refractivity contribution in [3.8, 4) is 5.75 Å². The van der Waals surface area contributed by atoms with Crippen LogP contribution < -0.4 is 4.74 Å². The van der Waals surface area contributed by atoms with Crippen LogP contribution in [0.25, 0.3) is 0 Å². The SMILES string of the molecule is CC(C)c1c(C=O)ccc(OCCN2CCOCC2)c1C(C)C. The third kappa shape index (κ3) is 4.55. The first-order valence-electron chi connectivity index (χ1n) is 8.59. The topological polar surface area (TPSA) is 38.8 Å². The predicted molar refractivity (Wildman–Crippen MR) is 92.8 cm³/mol. The molecule has 0 aliphatic carbocycles. The van der Waals surface area contributed by atoms with Crippen molar-refractivity contribution in [3.05, 3.63) is 28.8 Å². The van der Waals surface area contributed by atoms with Crippen LogP contribution in [0.2, 0.25) is 0 Å². The van der Waals surface area contributed by atoms with Crippen molar-refractivity contribution in [2.45, 2.75) is 39.5 Å². The molecule has 0 saturated carbocycles. The van der Waals surface area contributed by atoms with E-state index in [0.717, 1.165) is 56.0 Å². The van der Waals surface area contributed by atoms with E-state index in [1.165, 1.54) is 5.56 Å². The minimum atomic E-state index is 0.301. The van der Waals surface area contributed by atoms with E-state index >= 15 is 0 Å². The van der Waals surface area contributed by atoms with Gasteiger partial charge >= 0.3 is 0 Å². The van der Waals surface area contributed by atoms with Crippen LogP contribution in [-0.4, -0.2) is 50.6 Å². The summed E-state index contributed by atoms with van der Waals surface area (Å²) in [7, 11) is 0. The molecule has 4 nitrogen and oxygen atoms in total. The van der Waals surface area contributed by atoms with E-state index in [4.69, 9.17) is 9.47 Å². The summed E-state index contributed by atoms with van der Waals surface area (Å²) in [6, 6.07) is 3.84. The molecule has 0 bridgehead atoms. The highest BCUT2D eigenvalue weighted by atomic mass is 16.5. The third-order valence-electron chi connectivity index (χ3n) is 4.33. The minimum absolute atomic E-state index is 0.301. The summed E-state index contributed by atoms with van der Waals surface area (Å²) in [5.41, 5.74) is 3.08. The highest BCUT2D eigenvalue weighted by Gasteiger charge is 2.19. The van der Waals surface area contributed by atoms with E-state index in [1.807, 2.05) is 12.1 Å². The van der Waals surface area contributed by atoms with Crippen LogP contribution in [0.4, 0.5) is 0 Å². The Bertz CT molecular complexity index is 520. The second-order valence-corrected chi connectivity index (χ2v) is 6.71. The molecular formula is C19H29NO3. The molecule has 128 valence electrons. The lowest BCUT2D eigenvalue weighted by Gasteiger charge is -2.27. The maximum absolute atomic E-state index is 11.4. The van der Waals surface area contributed by atoms with Gasteiger partial charge in [0.05, 0.1) is 13.2 Å². The molecule has 0 atom stereocenters. The van der Waals surface area contributed by atoms with Gasteiger partial charge in [-0.25, -0.2) is 0 Å². The average molecular weight is 319 g/mol. The van der Waals surface area contributed by atoms with Crippen LogP contribution in [0.1, 0.15) is 61.0 Å². The van der Waals surface area contributed by atoms with E-state index in [2.05, 4.69) is 32.6 Å². The second-order valence-electron chi connectivity index (χ2n) is 6.71. The lowest BCUT2D eigenvalue weighted by Crippen LogP contribution is -2.38. The van der Waals surface area contributed by atoms with Crippen molar-refractivity contribution >= 4 is 6.29 Å². The maximum atomic E-state index is 11.4. The summed E-state index contributed by atoms with van der Waals surface area (Å²) in [5, 5.41) is 0. The lowest BCUT2D eigenvalue weighted by molar-refractivity contribution is 0.0322. The number of morpholine rings is 1. The Morgan fingerprint density at radius 1 is 1.13 bits per heavy atom. The molecule has 1 aliphatic heterocycles. The Morgan fingerprint density at radius 2 is 1.78 bits per heavy atom. The summed E-state index contributed by atoms with van der Waals surface area (Å²) in [5.74, 6) is 1.55. The number of rotatable bonds is 7. The first kappa shape index (κ1) is 18.0. The Hall–Kier alpha value is -1.39. The molecule has 0 amide bonds. The van der Waals surface area contributed by atoms with Crippen molar-refractivity contribution in [3.63, 3.8) is 0 Å². The summed E-state index contributed by atoms with van der Waals surface area (Å²) in [6.45, 7) is 13.7. The van der Waals surface area contributed by atoms with Gasteiger partial charge in [-0.15, -0.1) is 0 Å². The molecule has 0 N–H and O–H groups in total. The molecule has 1 heterocycles. The van der Waals surface area contributed by atoms with Crippen LogP contribution in [0, 0.1) is 0 Å². The molecule has 1 aromatic rings. The first-order valence-corrected chi connectivity index (χ1v) is 8.59. The largest absolute Gasteiger partial charge is 0.492 e. The van der Waals surface area contributed by atoms with Crippen molar-refractivity contribution in [1.82, 2.24) is 4.90 Å². The standard InChI is InChI=1S/C19H29NO3/c1-14(2)18-16(13-21)5-6-17(19(18)15(3)4)23-12-9-20-7-10-22-11-8-20/h5-6,13-15H,7-12H2,1-4H3. The summed E-state index contributed by atoms with van der Waals surface area (Å²) in [6.07, 6.45) is 0.957. The normalized spacial score (nSPS) is 16.1. The molecule has 1 aliphatic rings. The Labute approximate surface area is 139 Å². The van der Waals surface area contributed by atoms with Crippen molar-refractivity contribution in [2.24, 2.45) is 0 Å². The molecule has 0 unspecified atom stereocenters. The van der Waals surface area contributed by atoms with E-state index < -0.39 is 0 Å². The number of hydrogen-bond acceptors (Lipinski definition) is 4. The molecule has 2 rings (SSSR count). The molecule has 0 spiro atoms. The maximum Gasteiger partial charge on any atom is 0.150 e. The molecule has 4 heteroatoms. The van der Waals surface area contributed by atoms with Crippen LogP contribution in [-0.2, 0) is 4.74 Å². The Balaban J connectivity index is 2.13. The fraction of sp³-hybridized carbons (Fsp3) is 0.632. The first-order chi connectivity index (χ1) is 11.0. The molecule has 23 heavy (non-hydrogen) atoms. The number of carbonyl (C=O) groups is 1. The number of aldehydes is 1. The van der Waals surface area contributed by atoms with E-state index in [-0.39, 0.29) is 0 Å². The number of carbonyl (C=O) groups excluding carboxylic acids is 1. The van der Waals surface area contributed by atoms with E-state index in [1.54, 1.807) is 0 Å². The molecule has 1 aromatic carbocycles. The zero-order valence-electron chi connectivity index (χ0n) is 14.8. The van der Waals surface area contributed by atoms with Crippen molar-refractivity contribution in [2.75, 3.05) is 39.5 Å². The van der Waals surface area contributed by atoms with Crippen LogP contribution in [0.3, 0.4) is 0 Å². The van der Waals surface area contributed by atoms with Crippen LogP contribution in [0.15, 0.2) is 12.1 Å². The van der Waals surface area contributed by atoms with Gasteiger partial charge in [0.2, 0.25) is 0 Å². The Morgan fingerprint density at radius 3 is 2.35 bits per heavy atom. The zero-order chi connectivity index (χ0) is 16.8. The number of ether oxygens (including phenoxy) is 2. The number of benzene rings is 1. The Kier molecular flexibility index (Phi) is 6.60. The van der Waals surface area contributed by atoms with Gasteiger partial charge in [0.1, 0.15) is 18.6 Å². The fourth-order valence-electron chi connectivity index (χ4n) is 3.21. The predicted octanol–water partition coefficient (Wildman–Crippen LogP) is 3.46.